The van der Waals surface area contributed by atoms with Crippen LogP contribution in [0.25, 0.3) is 6.08 Å². The molecule has 0 aliphatic heterocycles. The first-order valence-electron chi connectivity index (χ1n) is 7.70. The summed E-state index contributed by atoms with van der Waals surface area (Å²) < 4.78 is 26.4. The molecular formula is C19H18F2N2O2. The zero-order valence-electron chi connectivity index (χ0n) is 13.4. The van der Waals surface area contributed by atoms with Crippen LogP contribution in [0.3, 0.4) is 0 Å². The zero-order chi connectivity index (χ0) is 18.2. The highest BCUT2D eigenvalue weighted by Crippen LogP contribution is 2.10. The molecule has 130 valence electrons. The molecule has 1 atom stereocenters. The van der Waals surface area contributed by atoms with Crippen LogP contribution >= 0.6 is 0 Å². The number of benzene rings is 2. The van der Waals surface area contributed by atoms with Gasteiger partial charge in [0.1, 0.15) is 17.7 Å². The Balaban J connectivity index is 1.95. The minimum Gasteiger partial charge on any atom is -0.368 e. The normalized spacial score (nSPS) is 12.1. The third kappa shape index (κ3) is 5.84. The SMILES string of the molecule is NC(=O)[C@@H](C/C=C/c1ccccc1)NC(=O)Cc1ccc(F)cc1F. The van der Waals surface area contributed by atoms with Crippen LogP contribution in [0.2, 0.25) is 0 Å². The standard InChI is InChI=1S/C19H18F2N2O2/c20-15-10-9-14(16(21)12-15)11-18(24)23-17(19(22)25)8-4-7-13-5-2-1-3-6-13/h1-7,9-10,12,17H,8,11H2,(H2,22,25)(H,23,24)/b7-4+/t17-/m1/s1. The van der Waals surface area contributed by atoms with Gasteiger partial charge in [-0.25, -0.2) is 8.78 Å². The molecule has 2 rings (SSSR count). The number of rotatable bonds is 7. The molecule has 0 saturated heterocycles. The molecule has 0 spiro atoms. The second-order valence-electron chi connectivity index (χ2n) is 5.48. The van der Waals surface area contributed by atoms with Crippen molar-refractivity contribution in [1.29, 1.82) is 0 Å². The minimum atomic E-state index is -0.907. The molecule has 25 heavy (non-hydrogen) atoms. The van der Waals surface area contributed by atoms with Gasteiger partial charge in [0, 0.05) is 6.07 Å². The highest BCUT2D eigenvalue weighted by molar-refractivity contribution is 5.87. The van der Waals surface area contributed by atoms with Gasteiger partial charge < -0.3 is 11.1 Å². The fourth-order valence-corrected chi connectivity index (χ4v) is 2.23. The maximum atomic E-state index is 13.6. The molecule has 3 N–H and O–H groups in total. The number of carbonyl (C=O) groups is 2. The summed E-state index contributed by atoms with van der Waals surface area (Å²) in [5.74, 6) is -2.79. The molecule has 2 aromatic rings. The lowest BCUT2D eigenvalue weighted by atomic mass is 10.1. The van der Waals surface area contributed by atoms with Crippen LogP contribution in [0.15, 0.2) is 54.6 Å². The highest BCUT2D eigenvalue weighted by Gasteiger charge is 2.17. The first-order valence-corrected chi connectivity index (χ1v) is 7.70. The quantitative estimate of drug-likeness (QED) is 0.810. The van der Waals surface area contributed by atoms with E-state index in [-0.39, 0.29) is 18.4 Å². The Kier molecular flexibility index (Phi) is 6.39. The number of hydrogen-bond donors (Lipinski definition) is 2. The molecule has 0 radical (unpaired) electrons. The topological polar surface area (TPSA) is 72.2 Å². The molecule has 2 amide bonds. The minimum absolute atomic E-state index is 0.0435. The van der Waals surface area contributed by atoms with Crippen LogP contribution in [0.5, 0.6) is 0 Å². The van der Waals surface area contributed by atoms with E-state index in [1.54, 1.807) is 6.08 Å². The number of hydrogen-bond acceptors (Lipinski definition) is 2. The molecule has 0 aliphatic carbocycles. The van der Waals surface area contributed by atoms with Gasteiger partial charge in [-0.1, -0.05) is 48.6 Å². The van der Waals surface area contributed by atoms with Crippen LogP contribution in [0.4, 0.5) is 8.78 Å². The van der Waals surface area contributed by atoms with E-state index in [4.69, 9.17) is 5.73 Å². The predicted octanol–water partition coefficient (Wildman–Crippen LogP) is 2.58. The molecular weight excluding hydrogens is 326 g/mol. The summed E-state index contributed by atoms with van der Waals surface area (Å²) >= 11 is 0. The van der Waals surface area contributed by atoms with Crippen molar-refractivity contribution in [1.82, 2.24) is 5.32 Å². The average Bonchev–Trinajstić information content (AvgIpc) is 2.57. The average molecular weight is 344 g/mol. The summed E-state index contributed by atoms with van der Waals surface area (Å²) in [5, 5.41) is 2.47. The van der Waals surface area contributed by atoms with E-state index in [0.717, 1.165) is 11.6 Å². The van der Waals surface area contributed by atoms with Crippen molar-refractivity contribution in [2.75, 3.05) is 0 Å². The first kappa shape index (κ1) is 18.3. The van der Waals surface area contributed by atoms with Crippen LogP contribution in [-0.4, -0.2) is 17.9 Å². The molecule has 6 heteroatoms. The maximum absolute atomic E-state index is 13.6. The lowest BCUT2D eigenvalue weighted by Gasteiger charge is -2.14. The third-order valence-corrected chi connectivity index (χ3v) is 3.53. The van der Waals surface area contributed by atoms with E-state index < -0.39 is 29.5 Å². The number of primary amides is 1. The van der Waals surface area contributed by atoms with E-state index >= 15 is 0 Å². The number of nitrogens with one attached hydrogen (secondary N) is 1. The fourth-order valence-electron chi connectivity index (χ4n) is 2.23. The Morgan fingerprint density at radius 2 is 1.84 bits per heavy atom. The van der Waals surface area contributed by atoms with Gasteiger partial charge in [0.2, 0.25) is 11.8 Å². The molecule has 4 nitrogen and oxygen atoms in total. The van der Waals surface area contributed by atoms with E-state index in [0.29, 0.717) is 6.07 Å². The second-order valence-corrected chi connectivity index (χ2v) is 5.48. The molecule has 0 unspecified atom stereocenters. The second kappa shape index (κ2) is 8.73. The summed E-state index contributed by atoms with van der Waals surface area (Å²) in [6, 6.07) is 11.5. The highest BCUT2D eigenvalue weighted by atomic mass is 19.1. The lowest BCUT2D eigenvalue weighted by molar-refractivity contribution is -0.126. The van der Waals surface area contributed by atoms with Crippen LogP contribution < -0.4 is 11.1 Å². The van der Waals surface area contributed by atoms with Gasteiger partial charge >= 0.3 is 0 Å². The molecule has 2 aromatic carbocycles. The number of halogens is 2. The Hall–Kier alpha value is -3.02. The summed E-state index contributed by atoms with van der Waals surface area (Å²) in [7, 11) is 0. The van der Waals surface area contributed by atoms with Crippen LogP contribution in [-0.2, 0) is 16.0 Å². The van der Waals surface area contributed by atoms with Crippen molar-refractivity contribution in [3.05, 3.63) is 77.4 Å². The number of carbonyl (C=O) groups excluding carboxylic acids is 2. The Morgan fingerprint density at radius 1 is 1.12 bits per heavy atom. The van der Waals surface area contributed by atoms with Gasteiger partial charge in [0.05, 0.1) is 6.42 Å². The molecule has 0 bridgehead atoms. The number of amides is 2. The zero-order valence-corrected chi connectivity index (χ0v) is 13.4. The Bertz CT molecular complexity index is 776. The summed E-state index contributed by atoms with van der Waals surface area (Å²) in [4.78, 5) is 23.5. The van der Waals surface area contributed by atoms with Crippen molar-refractivity contribution in [2.45, 2.75) is 18.9 Å². The molecule has 0 aliphatic rings. The van der Waals surface area contributed by atoms with Gasteiger partial charge in [0.15, 0.2) is 0 Å². The molecule has 0 fully saturated rings. The van der Waals surface area contributed by atoms with Gasteiger partial charge in [0.25, 0.3) is 0 Å². The van der Waals surface area contributed by atoms with Crippen LogP contribution in [0.1, 0.15) is 17.5 Å². The summed E-state index contributed by atoms with van der Waals surface area (Å²) in [6.07, 6.45) is 3.44. The van der Waals surface area contributed by atoms with Crippen molar-refractivity contribution >= 4 is 17.9 Å². The van der Waals surface area contributed by atoms with Crippen molar-refractivity contribution in [3.63, 3.8) is 0 Å². The van der Waals surface area contributed by atoms with Gasteiger partial charge in [-0.05, 0) is 23.6 Å². The van der Waals surface area contributed by atoms with Gasteiger partial charge in [-0.2, -0.15) is 0 Å². The van der Waals surface area contributed by atoms with E-state index in [1.807, 2.05) is 36.4 Å². The maximum Gasteiger partial charge on any atom is 0.240 e. The lowest BCUT2D eigenvalue weighted by Crippen LogP contribution is -2.44. The van der Waals surface area contributed by atoms with E-state index in [2.05, 4.69) is 5.32 Å². The number of nitrogens with two attached hydrogens (primary N) is 1. The van der Waals surface area contributed by atoms with Crippen molar-refractivity contribution < 1.29 is 18.4 Å². The van der Waals surface area contributed by atoms with E-state index in [1.165, 1.54) is 6.07 Å². The summed E-state index contributed by atoms with van der Waals surface area (Å²) in [5.41, 5.74) is 6.29. The van der Waals surface area contributed by atoms with Crippen molar-refractivity contribution in [3.8, 4) is 0 Å². The smallest absolute Gasteiger partial charge is 0.240 e. The monoisotopic (exact) mass is 344 g/mol. The van der Waals surface area contributed by atoms with Crippen LogP contribution in [0, 0.1) is 11.6 Å². The Labute approximate surface area is 144 Å². The largest absolute Gasteiger partial charge is 0.368 e. The fraction of sp³-hybridized carbons (Fsp3) is 0.158. The third-order valence-electron chi connectivity index (χ3n) is 3.53. The molecule has 0 saturated carbocycles. The molecule has 0 heterocycles. The van der Waals surface area contributed by atoms with Gasteiger partial charge in [-0.3, -0.25) is 9.59 Å². The Morgan fingerprint density at radius 3 is 2.48 bits per heavy atom. The first-order chi connectivity index (χ1) is 12.0. The summed E-state index contributed by atoms with van der Waals surface area (Å²) in [6.45, 7) is 0. The predicted molar refractivity (Wildman–Crippen MR) is 91.3 cm³/mol. The van der Waals surface area contributed by atoms with Gasteiger partial charge in [-0.15, -0.1) is 0 Å². The van der Waals surface area contributed by atoms with Crippen molar-refractivity contribution in [2.24, 2.45) is 5.73 Å². The van der Waals surface area contributed by atoms with E-state index in [9.17, 15) is 18.4 Å². The molecule has 0 aromatic heterocycles.